The molecule has 1 aromatic carbocycles. The maximum atomic E-state index is 12.9. The van der Waals surface area contributed by atoms with Crippen LogP contribution in [0.3, 0.4) is 0 Å². The molecule has 1 aliphatic carbocycles. The van der Waals surface area contributed by atoms with Gasteiger partial charge in [0.15, 0.2) is 0 Å². The highest BCUT2D eigenvalue weighted by molar-refractivity contribution is 7.18. The maximum Gasteiger partial charge on any atom is 0.259 e. The molecule has 158 valence electrons. The van der Waals surface area contributed by atoms with Gasteiger partial charge in [0.2, 0.25) is 0 Å². The molecule has 0 unspecified atom stereocenters. The Morgan fingerprint density at radius 3 is 2.73 bits per heavy atom. The molecule has 2 N–H and O–H groups in total. The van der Waals surface area contributed by atoms with Crippen molar-refractivity contribution in [2.45, 2.75) is 58.4 Å². The molecule has 5 rings (SSSR count). The van der Waals surface area contributed by atoms with E-state index in [1.165, 1.54) is 35.4 Å². The topological polar surface area (TPSA) is 61.0 Å². The molecule has 5 nitrogen and oxygen atoms in total. The molecule has 2 atom stereocenters. The highest BCUT2D eigenvalue weighted by Crippen LogP contribution is 2.36. The lowest BCUT2D eigenvalue weighted by atomic mass is 9.89. The minimum absolute atomic E-state index is 0.0103. The molecule has 30 heavy (non-hydrogen) atoms. The number of fused-ring (bicyclic) bond motifs is 3. The smallest absolute Gasteiger partial charge is 0.259 e. The lowest BCUT2D eigenvalue weighted by Crippen LogP contribution is -2.29. The Labute approximate surface area is 181 Å². The molecule has 2 aromatic heterocycles. The molecule has 1 saturated heterocycles. The van der Waals surface area contributed by atoms with Gasteiger partial charge in [-0.2, -0.15) is 0 Å². The fourth-order valence-electron chi connectivity index (χ4n) is 4.81. The number of thiophene rings is 1. The van der Waals surface area contributed by atoms with Gasteiger partial charge in [0.05, 0.1) is 11.4 Å². The zero-order chi connectivity index (χ0) is 20.7. The fourth-order valence-corrected chi connectivity index (χ4v) is 6.20. The number of hydrogen-bond acceptors (Lipinski definition) is 5. The van der Waals surface area contributed by atoms with Gasteiger partial charge in [-0.1, -0.05) is 6.92 Å². The van der Waals surface area contributed by atoms with Crippen LogP contribution in [0.15, 0.2) is 29.1 Å². The number of piperidine rings is 1. The summed E-state index contributed by atoms with van der Waals surface area (Å²) in [4.78, 5) is 25.5. The minimum Gasteiger partial charge on any atom is -0.375 e. The Balaban J connectivity index is 1.36. The van der Waals surface area contributed by atoms with E-state index in [1.54, 1.807) is 11.3 Å². The summed E-state index contributed by atoms with van der Waals surface area (Å²) >= 11 is 1.71. The van der Waals surface area contributed by atoms with Crippen molar-refractivity contribution in [3.05, 3.63) is 50.9 Å². The average molecular weight is 423 g/mol. The Kier molecular flexibility index (Phi) is 5.27. The number of benzene rings is 1. The second kappa shape index (κ2) is 8.06. The van der Waals surface area contributed by atoms with Crippen LogP contribution in [-0.4, -0.2) is 23.1 Å². The van der Waals surface area contributed by atoms with Gasteiger partial charge >= 0.3 is 0 Å². The van der Waals surface area contributed by atoms with Crippen LogP contribution < -0.4 is 15.8 Å². The van der Waals surface area contributed by atoms with Crippen molar-refractivity contribution >= 4 is 32.9 Å². The molecule has 0 saturated carbocycles. The van der Waals surface area contributed by atoms with Gasteiger partial charge in [0.1, 0.15) is 10.7 Å². The van der Waals surface area contributed by atoms with Crippen LogP contribution in [0.2, 0.25) is 0 Å². The molecule has 1 aliphatic heterocycles. The van der Waals surface area contributed by atoms with Crippen molar-refractivity contribution < 1.29 is 0 Å². The molecule has 2 aliphatic rings. The summed E-state index contributed by atoms with van der Waals surface area (Å²) in [6, 6.07) is 8.56. The second-order valence-corrected chi connectivity index (χ2v) is 10.0. The zero-order valence-corrected chi connectivity index (χ0v) is 18.6. The molecule has 0 amide bonds. The number of aromatic nitrogens is 2. The average Bonchev–Trinajstić information content (AvgIpc) is 3.12. The zero-order valence-electron chi connectivity index (χ0n) is 17.8. The number of hydrogen-bond donors (Lipinski definition) is 2. The predicted molar refractivity (Wildman–Crippen MR) is 126 cm³/mol. The first-order valence-electron chi connectivity index (χ1n) is 11.2. The summed E-state index contributed by atoms with van der Waals surface area (Å²) in [5.41, 5.74) is 3.59. The quantitative estimate of drug-likeness (QED) is 0.601. The van der Waals surface area contributed by atoms with Crippen molar-refractivity contribution in [2.75, 3.05) is 23.3 Å². The van der Waals surface area contributed by atoms with E-state index in [4.69, 9.17) is 4.98 Å². The van der Waals surface area contributed by atoms with Gasteiger partial charge in [-0.15, -0.1) is 11.3 Å². The van der Waals surface area contributed by atoms with E-state index in [0.717, 1.165) is 48.3 Å². The van der Waals surface area contributed by atoms with E-state index in [9.17, 15) is 4.79 Å². The van der Waals surface area contributed by atoms with Gasteiger partial charge in [-0.05, 0) is 81.2 Å². The lowest BCUT2D eigenvalue weighted by molar-refractivity contribution is 0.509. The number of rotatable bonds is 4. The first-order valence-corrected chi connectivity index (χ1v) is 12.1. The van der Waals surface area contributed by atoms with E-state index in [1.807, 2.05) is 0 Å². The lowest BCUT2D eigenvalue weighted by Gasteiger charge is -2.29. The third kappa shape index (κ3) is 3.73. The van der Waals surface area contributed by atoms with Crippen molar-refractivity contribution in [3.63, 3.8) is 0 Å². The molecule has 0 radical (unpaired) electrons. The summed E-state index contributed by atoms with van der Waals surface area (Å²) in [6.45, 7) is 6.65. The van der Waals surface area contributed by atoms with Gasteiger partial charge in [0, 0.05) is 29.3 Å². The number of nitrogens with zero attached hydrogens (tertiary/aromatic N) is 2. The van der Waals surface area contributed by atoms with E-state index >= 15 is 0 Å². The van der Waals surface area contributed by atoms with E-state index in [0.29, 0.717) is 11.7 Å². The molecule has 0 bridgehead atoms. The normalized spacial score (nSPS) is 20.2. The number of H-pyrrole nitrogens is 1. The first kappa shape index (κ1) is 19.6. The Hall–Kier alpha value is -2.34. The standard InChI is InChI=1S/C24H30N4OS/c1-15-6-11-19-20(14-15)30-24-21(19)23(29)26-22(27-24)16(2)25-17-7-9-18(10-8-17)28-12-4-3-5-13-28/h7-10,15-16,25H,3-6,11-14H2,1-2H3,(H,26,27,29)/t15-,16+/m0/s1. The van der Waals surface area contributed by atoms with E-state index in [2.05, 4.69) is 53.3 Å². The van der Waals surface area contributed by atoms with Crippen molar-refractivity contribution in [2.24, 2.45) is 5.92 Å². The van der Waals surface area contributed by atoms with Crippen LogP contribution in [0.4, 0.5) is 11.4 Å². The Bertz CT molecular complexity index is 1090. The van der Waals surface area contributed by atoms with Crippen molar-refractivity contribution in [1.82, 2.24) is 9.97 Å². The number of aromatic amines is 1. The molecule has 6 heteroatoms. The highest BCUT2D eigenvalue weighted by atomic mass is 32.1. The number of nitrogens with one attached hydrogen (secondary N) is 2. The van der Waals surface area contributed by atoms with Gasteiger partial charge in [-0.3, -0.25) is 4.79 Å². The fraction of sp³-hybridized carbons (Fsp3) is 0.500. The molecule has 1 fully saturated rings. The monoisotopic (exact) mass is 422 g/mol. The van der Waals surface area contributed by atoms with E-state index < -0.39 is 0 Å². The largest absolute Gasteiger partial charge is 0.375 e. The SMILES string of the molecule is C[C@H]1CCc2c(sc3nc([C@@H](C)Nc4ccc(N5CCCCC5)cc4)[nH]c(=O)c23)C1. The van der Waals surface area contributed by atoms with Crippen LogP contribution in [0.5, 0.6) is 0 Å². The summed E-state index contributed by atoms with van der Waals surface area (Å²) in [5, 5.41) is 4.33. The molecular formula is C24H30N4OS. The Morgan fingerprint density at radius 1 is 1.20 bits per heavy atom. The number of anilines is 2. The summed E-state index contributed by atoms with van der Waals surface area (Å²) in [5.74, 6) is 1.40. The number of aryl methyl sites for hydroxylation is 1. The molecule has 3 heterocycles. The third-order valence-corrected chi connectivity index (χ3v) is 7.71. The third-order valence-electron chi connectivity index (χ3n) is 6.57. The summed E-state index contributed by atoms with van der Waals surface area (Å²) in [7, 11) is 0. The summed E-state index contributed by atoms with van der Waals surface area (Å²) in [6.07, 6.45) is 7.13. The van der Waals surface area contributed by atoms with Crippen molar-refractivity contribution in [1.29, 1.82) is 0 Å². The van der Waals surface area contributed by atoms with Crippen LogP contribution in [0, 0.1) is 5.92 Å². The van der Waals surface area contributed by atoms with Crippen LogP contribution in [-0.2, 0) is 12.8 Å². The summed E-state index contributed by atoms with van der Waals surface area (Å²) < 4.78 is 0. The molecule has 3 aromatic rings. The van der Waals surface area contributed by atoms with E-state index in [-0.39, 0.29) is 11.6 Å². The van der Waals surface area contributed by atoms with Gasteiger partial charge < -0.3 is 15.2 Å². The maximum absolute atomic E-state index is 12.9. The predicted octanol–water partition coefficient (Wildman–Crippen LogP) is 5.27. The van der Waals surface area contributed by atoms with Crippen LogP contribution in [0.1, 0.15) is 61.8 Å². The minimum atomic E-state index is -0.0685. The highest BCUT2D eigenvalue weighted by Gasteiger charge is 2.23. The first-order chi connectivity index (χ1) is 14.6. The van der Waals surface area contributed by atoms with Crippen LogP contribution in [0.25, 0.3) is 10.2 Å². The van der Waals surface area contributed by atoms with Crippen LogP contribution >= 0.6 is 11.3 Å². The second-order valence-electron chi connectivity index (χ2n) is 8.94. The van der Waals surface area contributed by atoms with Gasteiger partial charge in [0.25, 0.3) is 5.56 Å². The Morgan fingerprint density at radius 2 is 1.97 bits per heavy atom. The van der Waals surface area contributed by atoms with Crippen molar-refractivity contribution in [3.8, 4) is 0 Å². The molecular weight excluding hydrogens is 392 g/mol. The molecule has 0 spiro atoms. The van der Waals surface area contributed by atoms with Gasteiger partial charge in [-0.25, -0.2) is 4.98 Å².